The van der Waals surface area contributed by atoms with Gasteiger partial charge in [0.1, 0.15) is 18.1 Å². The fourth-order valence-corrected chi connectivity index (χ4v) is 5.68. The van der Waals surface area contributed by atoms with E-state index in [2.05, 4.69) is 40.0 Å². The van der Waals surface area contributed by atoms with Crippen LogP contribution in [0.4, 0.5) is 10.1 Å². The average Bonchev–Trinajstić information content (AvgIpc) is 3.59. The number of benzene rings is 3. The van der Waals surface area contributed by atoms with E-state index < -0.39 is 6.23 Å². The van der Waals surface area contributed by atoms with Crippen molar-refractivity contribution in [1.82, 2.24) is 14.7 Å². The van der Waals surface area contributed by atoms with E-state index in [-0.39, 0.29) is 18.3 Å². The van der Waals surface area contributed by atoms with Gasteiger partial charge in [-0.3, -0.25) is 4.79 Å². The van der Waals surface area contributed by atoms with Crippen molar-refractivity contribution in [3.63, 3.8) is 0 Å². The van der Waals surface area contributed by atoms with Crippen LogP contribution in [0.5, 0.6) is 0 Å². The van der Waals surface area contributed by atoms with Crippen LogP contribution in [0.25, 0.3) is 16.9 Å². The number of anilines is 1. The molecule has 0 aliphatic carbocycles. The zero-order valence-electron chi connectivity index (χ0n) is 19.7. The van der Waals surface area contributed by atoms with Crippen molar-refractivity contribution < 1.29 is 13.9 Å². The Morgan fingerprint density at radius 1 is 1.14 bits per heavy atom. The first kappa shape index (κ1) is 24.0. The maximum Gasteiger partial charge on any atom is 0.250 e. The molecule has 9 heteroatoms. The number of fused-ring (bicyclic) bond motifs is 1. The Kier molecular flexibility index (Phi) is 6.36. The lowest BCUT2D eigenvalue weighted by molar-refractivity contribution is -0.128. The van der Waals surface area contributed by atoms with E-state index in [0.717, 1.165) is 42.5 Å². The zero-order valence-corrected chi connectivity index (χ0v) is 22.1. The van der Waals surface area contributed by atoms with Gasteiger partial charge in [0.25, 0.3) is 5.91 Å². The Hall–Kier alpha value is -3.40. The fourth-order valence-electron chi connectivity index (χ4n) is 4.55. The molecular weight excluding hydrogens is 555 g/mol. The molecule has 4 aromatic rings. The molecule has 0 radical (unpaired) electrons. The lowest BCUT2D eigenvalue weighted by atomic mass is 10.1. The van der Waals surface area contributed by atoms with Crippen LogP contribution in [0.1, 0.15) is 17.4 Å². The molecule has 0 saturated carbocycles. The smallest absolute Gasteiger partial charge is 0.250 e. The highest BCUT2D eigenvalue weighted by atomic mass is 79.9. The predicted molar refractivity (Wildman–Crippen MR) is 146 cm³/mol. The molecule has 1 unspecified atom stereocenters. The Morgan fingerprint density at radius 3 is 2.70 bits per heavy atom. The normalized spacial score (nSPS) is 16.8. The Balaban J connectivity index is 1.32. The highest BCUT2D eigenvalue weighted by Crippen LogP contribution is 2.41. The topological polar surface area (TPSA) is 59.4 Å². The molecule has 2 aliphatic heterocycles. The highest BCUT2D eigenvalue weighted by Gasteiger charge is 2.36. The summed E-state index contributed by atoms with van der Waals surface area (Å²) in [6.07, 6.45) is 1.97. The van der Waals surface area contributed by atoms with Crippen molar-refractivity contribution in [2.24, 2.45) is 0 Å². The molecule has 186 valence electrons. The summed E-state index contributed by atoms with van der Waals surface area (Å²) in [5.74, 6) is -0.394. The molecule has 3 aromatic carbocycles. The van der Waals surface area contributed by atoms with Gasteiger partial charge in [-0.2, -0.15) is 5.10 Å². The van der Waals surface area contributed by atoms with Gasteiger partial charge in [-0.25, -0.2) is 9.07 Å². The van der Waals surface area contributed by atoms with Gasteiger partial charge in [-0.15, -0.1) is 0 Å². The van der Waals surface area contributed by atoms with Gasteiger partial charge in [0.15, 0.2) is 6.23 Å². The maximum atomic E-state index is 13.7. The number of nitrogens with zero attached hydrogens (tertiary/aromatic N) is 3. The first-order valence-electron chi connectivity index (χ1n) is 11.7. The summed E-state index contributed by atoms with van der Waals surface area (Å²) in [6.45, 7) is 4.47. The van der Waals surface area contributed by atoms with Crippen molar-refractivity contribution in [2.45, 2.75) is 17.5 Å². The van der Waals surface area contributed by atoms with Crippen molar-refractivity contribution in [1.29, 1.82) is 0 Å². The summed E-state index contributed by atoms with van der Waals surface area (Å²) >= 11 is 5.08. The lowest BCUT2D eigenvalue weighted by Gasteiger charge is -2.23. The molecular formula is C28H22BrFN4O2S. The standard InChI is InChI=1S/C28H22BrFN4O2S/c1-17-31-24-11-2-18(14-25(24)37-17)12-13-33-26(35)16-36-28(33)23-15-34(22-9-5-20(29)6-10-22)32-27(23)19-3-7-21(30)8-4-19/h2-11,14-15,28,31H,1,12-13,16H2. The van der Waals surface area contributed by atoms with Gasteiger partial charge in [0, 0.05) is 33.2 Å². The Bertz CT molecular complexity index is 1500. The van der Waals surface area contributed by atoms with Crippen LogP contribution in [0.15, 0.2) is 93.9 Å². The molecule has 1 N–H and O–H groups in total. The van der Waals surface area contributed by atoms with E-state index >= 15 is 0 Å². The van der Waals surface area contributed by atoms with Crippen LogP contribution < -0.4 is 5.32 Å². The molecule has 1 atom stereocenters. The third-order valence-corrected chi connectivity index (χ3v) is 7.81. The van der Waals surface area contributed by atoms with Gasteiger partial charge in [0.2, 0.25) is 0 Å². The predicted octanol–water partition coefficient (Wildman–Crippen LogP) is 6.53. The molecule has 2 aliphatic rings. The number of halogens is 2. The summed E-state index contributed by atoms with van der Waals surface area (Å²) in [4.78, 5) is 15.8. The van der Waals surface area contributed by atoms with E-state index in [9.17, 15) is 9.18 Å². The first-order chi connectivity index (χ1) is 17.9. The summed E-state index contributed by atoms with van der Waals surface area (Å²) in [6, 6.07) is 20.2. The number of hydrogen-bond acceptors (Lipinski definition) is 5. The number of carbonyl (C=O) groups is 1. The third kappa shape index (κ3) is 4.82. The quantitative estimate of drug-likeness (QED) is 0.283. The molecule has 37 heavy (non-hydrogen) atoms. The van der Waals surface area contributed by atoms with Crippen LogP contribution in [-0.4, -0.2) is 33.7 Å². The number of hydrogen-bond donors (Lipinski definition) is 1. The summed E-state index contributed by atoms with van der Waals surface area (Å²) in [5, 5.41) is 8.98. The van der Waals surface area contributed by atoms with E-state index in [0.29, 0.717) is 18.7 Å². The van der Waals surface area contributed by atoms with E-state index in [1.165, 1.54) is 12.1 Å². The monoisotopic (exact) mass is 576 g/mol. The van der Waals surface area contributed by atoms with Gasteiger partial charge < -0.3 is 15.0 Å². The summed E-state index contributed by atoms with van der Waals surface area (Å²) in [5.41, 5.74) is 5.20. The summed E-state index contributed by atoms with van der Waals surface area (Å²) in [7, 11) is 0. The average molecular weight is 577 g/mol. The van der Waals surface area contributed by atoms with Crippen LogP contribution in [0.3, 0.4) is 0 Å². The first-order valence-corrected chi connectivity index (χ1v) is 13.3. The molecule has 1 amide bonds. The number of amides is 1. The molecule has 3 heterocycles. The number of carbonyl (C=O) groups excluding carboxylic acids is 1. The van der Waals surface area contributed by atoms with Crippen LogP contribution in [-0.2, 0) is 16.0 Å². The Morgan fingerprint density at radius 2 is 1.92 bits per heavy atom. The van der Waals surface area contributed by atoms with Crippen molar-refractivity contribution in [2.75, 3.05) is 18.5 Å². The Labute approximate surface area is 226 Å². The largest absolute Gasteiger partial charge is 0.350 e. The molecule has 0 spiro atoms. The second kappa shape index (κ2) is 9.81. The molecule has 1 saturated heterocycles. The molecule has 1 aromatic heterocycles. The number of ether oxygens (including phenoxy) is 1. The lowest BCUT2D eigenvalue weighted by Crippen LogP contribution is -2.30. The van der Waals surface area contributed by atoms with Gasteiger partial charge >= 0.3 is 0 Å². The van der Waals surface area contributed by atoms with Crippen LogP contribution in [0.2, 0.25) is 0 Å². The van der Waals surface area contributed by atoms with Crippen molar-refractivity contribution >= 4 is 39.3 Å². The second-order valence-electron chi connectivity index (χ2n) is 8.84. The zero-order chi connectivity index (χ0) is 25.5. The summed E-state index contributed by atoms with van der Waals surface area (Å²) < 4.78 is 22.4. The molecule has 6 rings (SSSR count). The number of rotatable bonds is 6. The van der Waals surface area contributed by atoms with E-state index in [1.54, 1.807) is 33.5 Å². The SMILES string of the molecule is C=C1Nc2ccc(CCN3C(=O)COC3c3cn(-c4ccc(Br)cc4)nc3-c3ccc(F)cc3)cc2S1. The minimum atomic E-state index is -0.595. The van der Waals surface area contributed by atoms with Crippen molar-refractivity contribution in [3.8, 4) is 16.9 Å². The second-order valence-corrected chi connectivity index (χ2v) is 10.9. The number of nitrogens with one attached hydrogen (secondary N) is 1. The number of thioether (sulfide) groups is 1. The van der Waals surface area contributed by atoms with Gasteiger partial charge in [-0.05, 0) is 72.6 Å². The van der Waals surface area contributed by atoms with E-state index in [1.807, 2.05) is 36.5 Å². The number of aromatic nitrogens is 2. The van der Waals surface area contributed by atoms with Crippen molar-refractivity contribution in [3.05, 3.63) is 106 Å². The molecule has 0 bridgehead atoms. The maximum absolute atomic E-state index is 13.7. The molecule has 1 fully saturated rings. The van der Waals surface area contributed by atoms with Gasteiger partial charge in [-0.1, -0.05) is 40.3 Å². The fraction of sp³-hybridized carbons (Fsp3) is 0.143. The minimum Gasteiger partial charge on any atom is -0.350 e. The minimum absolute atomic E-state index is 0.000766. The van der Waals surface area contributed by atoms with Gasteiger partial charge in [0.05, 0.1) is 16.4 Å². The van der Waals surface area contributed by atoms with Crippen LogP contribution >= 0.6 is 27.7 Å². The highest BCUT2D eigenvalue weighted by molar-refractivity contribution is 9.10. The van der Waals surface area contributed by atoms with Crippen LogP contribution in [0, 0.1) is 5.82 Å². The van der Waals surface area contributed by atoms with E-state index in [4.69, 9.17) is 9.84 Å². The molecule has 6 nitrogen and oxygen atoms in total. The third-order valence-electron chi connectivity index (χ3n) is 6.38.